The van der Waals surface area contributed by atoms with Gasteiger partial charge in [0.05, 0.1) is 12.6 Å². The van der Waals surface area contributed by atoms with E-state index in [1.165, 1.54) is 6.33 Å². The van der Waals surface area contributed by atoms with E-state index in [0.717, 1.165) is 30.9 Å². The summed E-state index contributed by atoms with van der Waals surface area (Å²) >= 11 is 0. The molecule has 0 fully saturated rings. The molecule has 1 aliphatic heterocycles. The quantitative estimate of drug-likeness (QED) is 0.807. The first kappa shape index (κ1) is 10.1. The van der Waals surface area contributed by atoms with Gasteiger partial charge in [-0.1, -0.05) is 6.92 Å². The fraction of sp³-hybridized carbons (Fsp3) is 0.455. The first-order valence-corrected chi connectivity index (χ1v) is 5.23. The zero-order valence-electron chi connectivity index (χ0n) is 8.81. The summed E-state index contributed by atoms with van der Waals surface area (Å²) in [6.45, 7) is 3.75. The minimum Gasteiger partial charge on any atom is -0.496 e. The Kier molecular flexibility index (Phi) is 3.29. The summed E-state index contributed by atoms with van der Waals surface area (Å²) in [5, 5.41) is 3.37. The summed E-state index contributed by atoms with van der Waals surface area (Å²) in [5.41, 5.74) is 1.05. The monoisotopic (exact) mass is 205 g/mol. The number of nitrogens with one attached hydrogen (secondary N) is 1. The van der Waals surface area contributed by atoms with Crippen molar-refractivity contribution in [2.75, 3.05) is 13.2 Å². The molecule has 0 radical (unpaired) electrons. The van der Waals surface area contributed by atoms with Crippen LogP contribution in [0.3, 0.4) is 0 Å². The fourth-order valence-electron chi connectivity index (χ4n) is 1.68. The summed E-state index contributed by atoms with van der Waals surface area (Å²) in [5.74, 6) is 0.992. The SMILES string of the molecule is CCNC(C1=CCCO1)c1cncnc1. The Balaban J connectivity index is 2.19. The van der Waals surface area contributed by atoms with Crippen LogP contribution in [-0.4, -0.2) is 23.1 Å². The molecule has 0 amide bonds. The Morgan fingerprint density at radius 2 is 2.27 bits per heavy atom. The van der Waals surface area contributed by atoms with Gasteiger partial charge in [-0.25, -0.2) is 9.97 Å². The van der Waals surface area contributed by atoms with E-state index in [9.17, 15) is 0 Å². The molecule has 0 saturated heterocycles. The molecular weight excluding hydrogens is 190 g/mol. The molecule has 4 heteroatoms. The summed E-state index contributed by atoms with van der Waals surface area (Å²) in [6.07, 6.45) is 8.30. The Bertz CT molecular complexity index is 337. The molecule has 15 heavy (non-hydrogen) atoms. The topological polar surface area (TPSA) is 47.0 Å². The molecule has 2 rings (SSSR count). The van der Waals surface area contributed by atoms with Crippen molar-refractivity contribution in [2.45, 2.75) is 19.4 Å². The van der Waals surface area contributed by atoms with Gasteiger partial charge in [0.1, 0.15) is 12.1 Å². The number of rotatable bonds is 4. The minimum absolute atomic E-state index is 0.0960. The van der Waals surface area contributed by atoms with Crippen LogP contribution in [-0.2, 0) is 4.74 Å². The maximum absolute atomic E-state index is 5.57. The highest BCUT2D eigenvalue weighted by molar-refractivity contribution is 5.21. The zero-order chi connectivity index (χ0) is 10.5. The maximum atomic E-state index is 5.57. The van der Waals surface area contributed by atoms with Crippen molar-refractivity contribution in [3.63, 3.8) is 0 Å². The molecule has 1 unspecified atom stereocenters. The van der Waals surface area contributed by atoms with Crippen molar-refractivity contribution >= 4 is 0 Å². The first-order valence-electron chi connectivity index (χ1n) is 5.23. The molecule has 1 aromatic heterocycles. The van der Waals surface area contributed by atoms with Gasteiger partial charge in [0.2, 0.25) is 0 Å². The Hall–Kier alpha value is -1.42. The summed E-state index contributed by atoms with van der Waals surface area (Å²) < 4.78 is 5.57. The van der Waals surface area contributed by atoms with Gasteiger partial charge in [-0.05, 0) is 12.6 Å². The lowest BCUT2D eigenvalue weighted by molar-refractivity contribution is 0.216. The number of ether oxygens (including phenoxy) is 1. The first-order chi connectivity index (χ1) is 7.42. The normalized spacial score (nSPS) is 17.0. The number of nitrogens with zero attached hydrogens (tertiary/aromatic N) is 2. The predicted octanol–water partition coefficient (Wildman–Crippen LogP) is 1.43. The molecule has 1 atom stereocenters. The van der Waals surface area contributed by atoms with Gasteiger partial charge in [0.15, 0.2) is 0 Å². The Morgan fingerprint density at radius 3 is 2.87 bits per heavy atom. The van der Waals surface area contributed by atoms with Crippen molar-refractivity contribution in [3.05, 3.63) is 36.1 Å². The highest BCUT2D eigenvalue weighted by Gasteiger charge is 2.19. The van der Waals surface area contributed by atoms with Crippen LogP contribution in [0.25, 0.3) is 0 Å². The Labute approximate surface area is 89.4 Å². The average molecular weight is 205 g/mol. The van der Waals surface area contributed by atoms with Crippen molar-refractivity contribution in [1.82, 2.24) is 15.3 Å². The second kappa shape index (κ2) is 4.89. The van der Waals surface area contributed by atoms with Gasteiger partial charge in [-0.3, -0.25) is 0 Å². The van der Waals surface area contributed by atoms with Gasteiger partial charge in [-0.15, -0.1) is 0 Å². The molecule has 0 aromatic carbocycles. The van der Waals surface area contributed by atoms with Crippen LogP contribution in [0.2, 0.25) is 0 Å². The highest BCUT2D eigenvalue weighted by Crippen LogP contribution is 2.25. The van der Waals surface area contributed by atoms with Crippen LogP contribution in [0.15, 0.2) is 30.6 Å². The zero-order valence-corrected chi connectivity index (χ0v) is 8.81. The van der Waals surface area contributed by atoms with Gasteiger partial charge >= 0.3 is 0 Å². The van der Waals surface area contributed by atoms with Crippen molar-refractivity contribution in [2.24, 2.45) is 0 Å². The lowest BCUT2D eigenvalue weighted by Gasteiger charge is -2.18. The van der Waals surface area contributed by atoms with Gasteiger partial charge in [0.25, 0.3) is 0 Å². The van der Waals surface area contributed by atoms with Gasteiger partial charge < -0.3 is 10.1 Å². The molecule has 0 bridgehead atoms. The molecule has 1 N–H and O–H groups in total. The van der Waals surface area contributed by atoms with Crippen LogP contribution in [0.1, 0.15) is 24.9 Å². The lowest BCUT2D eigenvalue weighted by Crippen LogP contribution is -2.23. The lowest BCUT2D eigenvalue weighted by atomic mass is 10.1. The molecule has 80 valence electrons. The maximum Gasteiger partial charge on any atom is 0.115 e. The van der Waals surface area contributed by atoms with Crippen molar-refractivity contribution in [3.8, 4) is 0 Å². The second-order valence-corrected chi connectivity index (χ2v) is 3.41. The average Bonchev–Trinajstić information content (AvgIpc) is 2.80. The van der Waals surface area contributed by atoms with Crippen molar-refractivity contribution < 1.29 is 4.74 Å². The summed E-state index contributed by atoms with van der Waals surface area (Å²) in [6, 6.07) is 0.0960. The number of hydrogen-bond acceptors (Lipinski definition) is 4. The third kappa shape index (κ3) is 2.33. The van der Waals surface area contributed by atoms with E-state index < -0.39 is 0 Å². The van der Waals surface area contributed by atoms with E-state index in [0.29, 0.717) is 0 Å². The molecule has 1 aromatic rings. The number of aromatic nitrogens is 2. The van der Waals surface area contributed by atoms with Crippen molar-refractivity contribution in [1.29, 1.82) is 0 Å². The van der Waals surface area contributed by atoms with E-state index >= 15 is 0 Å². The molecule has 0 spiro atoms. The minimum atomic E-state index is 0.0960. The largest absolute Gasteiger partial charge is 0.496 e. The van der Waals surface area contributed by atoms with E-state index in [2.05, 4.69) is 28.3 Å². The number of hydrogen-bond donors (Lipinski definition) is 1. The molecule has 4 nitrogen and oxygen atoms in total. The van der Waals surface area contributed by atoms with E-state index in [-0.39, 0.29) is 6.04 Å². The molecule has 1 aliphatic rings. The van der Waals surface area contributed by atoms with Crippen LogP contribution in [0.4, 0.5) is 0 Å². The van der Waals surface area contributed by atoms with Crippen LogP contribution in [0, 0.1) is 0 Å². The van der Waals surface area contributed by atoms with Crippen LogP contribution >= 0.6 is 0 Å². The van der Waals surface area contributed by atoms with Crippen LogP contribution in [0.5, 0.6) is 0 Å². The third-order valence-electron chi connectivity index (χ3n) is 2.34. The highest BCUT2D eigenvalue weighted by atomic mass is 16.5. The number of likely N-dealkylation sites (N-methyl/N-ethyl adjacent to an activating group) is 1. The summed E-state index contributed by atoms with van der Waals surface area (Å²) in [4.78, 5) is 8.05. The van der Waals surface area contributed by atoms with Gasteiger partial charge in [0, 0.05) is 24.4 Å². The molecule has 0 aliphatic carbocycles. The van der Waals surface area contributed by atoms with E-state index in [1.807, 2.05) is 12.4 Å². The van der Waals surface area contributed by atoms with Gasteiger partial charge in [-0.2, -0.15) is 0 Å². The molecule has 0 saturated carbocycles. The predicted molar refractivity (Wildman–Crippen MR) is 57.1 cm³/mol. The third-order valence-corrected chi connectivity index (χ3v) is 2.34. The van der Waals surface area contributed by atoms with Crippen LogP contribution < -0.4 is 5.32 Å². The fourth-order valence-corrected chi connectivity index (χ4v) is 1.68. The molecular formula is C11H15N3O. The second-order valence-electron chi connectivity index (χ2n) is 3.41. The molecule has 2 heterocycles. The summed E-state index contributed by atoms with van der Waals surface area (Å²) in [7, 11) is 0. The smallest absolute Gasteiger partial charge is 0.115 e. The van der Waals surface area contributed by atoms with E-state index in [1.54, 1.807) is 0 Å². The standard InChI is InChI=1S/C11H15N3O/c1-2-14-11(10-4-3-5-15-10)9-6-12-8-13-7-9/h4,6-8,11,14H,2-3,5H2,1H3. The van der Waals surface area contributed by atoms with E-state index in [4.69, 9.17) is 4.74 Å². The Morgan fingerprint density at radius 1 is 1.47 bits per heavy atom.